The Morgan fingerprint density at radius 3 is 3.07 bits per heavy atom. The maximum atomic E-state index is 3.99. The fraction of sp³-hybridized carbons (Fsp3) is 0.300. The van der Waals surface area contributed by atoms with Gasteiger partial charge in [0.25, 0.3) is 0 Å². The smallest absolute Gasteiger partial charge is 0.0946 e. The van der Waals surface area contributed by atoms with Crippen LogP contribution in [0.15, 0.2) is 35.5 Å². The average molecular weight is 244 g/mol. The van der Waals surface area contributed by atoms with Gasteiger partial charge >= 0.3 is 0 Å². The van der Waals surface area contributed by atoms with Gasteiger partial charge in [-0.25, -0.2) is 4.98 Å². The Balaban J connectivity index is 0.00000112. The number of hydrogen-bond acceptors (Lipinski definition) is 3. The van der Waals surface area contributed by atoms with E-state index in [4.69, 9.17) is 0 Å². The van der Waals surface area contributed by atoms with Gasteiger partial charge in [0.2, 0.25) is 0 Å². The summed E-state index contributed by atoms with van der Waals surface area (Å²) in [6.07, 6.45) is 5.62. The predicted molar refractivity (Wildman–Crippen MR) is 65.5 cm³/mol. The summed E-state index contributed by atoms with van der Waals surface area (Å²) in [6, 6.07) is 2.15. The van der Waals surface area contributed by atoms with E-state index in [-0.39, 0.29) is 12.4 Å². The summed E-state index contributed by atoms with van der Waals surface area (Å²) in [5.74, 6) is 0. The van der Waals surface area contributed by atoms with Crippen LogP contribution in [0.5, 0.6) is 0 Å². The summed E-state index contributed by atoms with van der Waals surface area (Å²) >= 11 is 1.74. The van der Waals surface area contributed by atoms with Crippen LogP contribution in [0.25, 0.3) is 0 Å². The maximum Gasteiger partial charge on any atom is 0.0946 e. The number of halogens is 1. The molecule has 0 amide bonds. The van der Waals surface area contributed by atoms with E-state index >= 15 is 0 Å². The highest BCUT2D eigenvalue weighted by Crippen LogP contribution is 2.04. The first-order valence-corrected chi connectivity index (χ1v) is 5.57. The zero-order chi connectivity index (χ0) is 9.64. The Morgan fingerprint density at radius 1 is 1.47 bits per heavy atom. The fourth-order valence-corrected chi connectivity index (χ4v) is 1.92. The standard InChI is InChI=1S/C10H13N3S.ClH/c1-6-14-8-10(1)7-11-2-4-13-5-3-12-9-13;/h1,3,5-6,8-9,11H,2,4,7H2;1H. The van der Waals surface area contributed by atoms with Crippen LogP contribution in [0.2, 0.25) is 0 Å². The molecule has 5 heteroatoms. The van der Waals surface area contributed by atoms with Gasteiger partial charge in [0, 0.05) is 32.0 Å². The molecule has 2 heterocycles. The van der Waals surface area contributed by atoms with E-state index in [1.54, 1.807) is 17.5 Å². The van der Waals surface area contributed by atoms with E-state index in [1.165, 1.54) is 5.56 Å². The zero-order valence-electron chi connectivity index (χ0n) is 8.30. The fourth-order valence-electron chi connectivity index (χ4n) is 1.25. The second-order valence-electron chi connectivity index (χ2n) is 3.11. The van der Waals surface area contributed by atoms with Crippen molar-refractivity contribution in [2.45, 2.75) is 13.1 Å². The van der Waals surface area contributed by atoms with Crippen LogP contribution in [-0.4, -0.2) is 16.1 Å². The van der Waals surface area contributed by atoms with Gasteiger partial charge in [-0.05, 0) is 22.4 Å². The lowest BCUT2D eigenvalue weighted by molar-refractivity contribution is 0.598. The number of nitrogens with zero attached hydrogens (tertiary/aromatic N) is 2. The molecule has 0 bridgehead atoms. The molecule has 0 spiro atoms. The van der Waals surface area contributed by atoms with Crippen LogP contribution in [0, 0.1) is 0 Å². The van der Waals surface area contributed by atoms with Crippen molar-refractivity contribution in [3.05, 3.63) is 41.1 Å². The second kappa shape index (κ2) is 6.61. The zero-order valence-corrected chi connectivity index (χ0v) is 9.93. The van der Waals surface area contributed by atoms with Crippen molar-refractivity contribution >= 4 is 23.7 Å². The molecule has 2 aromatic rings. The highest BCUT2D eigenvalue weighted by atomic mass is 35.5. The molecule has 0 unspecified atom stereocenters. The molecule has 0 aliphatic heterocycles. The molecule has 1 N–H and O–H groups in total. The van der Waals surface area contributed by atoms with Crippen molar-refractivity contribution < 1.29 is 0 Å². The third-order valence-electron chi connectivity index (χ3n) is 2.02. The van der Waals surface area contributed by atoms with E-state index in [9.17, 15) is 0 Å². The normalized spacial score (nSPS) is 9.87. The van der Waals surface area contributed by atoms with Gasteiger partial charge in [-0.15, -0.1) is 12.4 Å². The van der Waals surface area contributed by atoms with E-state index in [0.29, 0.717) is 0 Å². The van der Waals surface area contributed by atoms with E-state index in [2.05, 4.69) is 31.7 Å². The highest BCUT2D eigenvalue weighted by molar-refractivity contribution is 7.07. The average Bonchev–Trinajstić information content (AvgIpc) is 2.86. The largest absolute Gasteiger partial charge is 0.336 e. The number of imidazole rings is 1. The predicted octanol–water partition coefficient (Wildman–Crippen LogP) is 2.16. The van der Waals surface area contributed by atoms with Crippen molar-refractivity contribution in [3.63, 3.8) is 0 Å². The first-order chi connectivity index (χ1) is 6.95. The summed E-state index contributed by atoms with van der Waals surface area (Å²) in [4.78, 5) is 3.99. The van der Waals surface area contributed by atoms with Gasteiger partial charge in [-0.2, -0.15) is 11.3 Å². The Hall–Kier alpha value is -0.840. The molecule has 3 nitrogen and oxygen atoms in total. The van der Waals surface area contributed by atoms with Gasteiger partial charge in [-0.1, -0.05) is 0 Å². The van der Waals surface area contributed by atoms with Crippen LogP contribution in [-0.2, 0) is 13.1 Å². The molecular formula is C10H14ClN3S. The molecule has 2 aromatic heterocycles. The number of hydrogen-bond donors (Lipinski definition) is 1. The topological polar surface area (TPSA) is 29.9 Å². The first kappa shape index (κ1) is 12.2. The summed E-state index contributed by atoms with van der Waals surface area (Å²) < 4.78 is 2.07. The van der Waals surface area contributed by atoms with Crippen molar-refractivity contribution in [2.75, 3.05) is 6.54 Å². The minimum absolute atomic E-state index is 0. The molecule has 0 saturated heterocycles. The lowest BCUT2D eigenvalue weighted by Gasteiger charge is -2.03. The monoisotopic (exact) mass is 243 g/mol. The minimum Gasteiger partial charge on any atom is -0.336 e. The van der Waals surface area contributed by atoms with Crippen LogP contribution in [0.4, 0.5) is 0 Å². The van der Waals surface area contributed by atoms with Crippen LogP contribution < -0.4 is 5.32 Å². The van der Waals surface area contributed by atoms with Gasteiger partial charge in [0.15, 0.2) is 0 Å². The molecule has 82 valence electrons. The molecule has 0 aliphatic rings. The third kappa shape index (κ3) is 4.03. The first-order valence-electron chi connectivity index (χ1n) is 4.63. The number of nitrogens with one attached hydrogen (secondary N) is 1. The maximum absolute atomic E-state index is 3.99. The lowest BCUT2D eigenvalue weighted by Crippen LogP contribution is -2.18. The number of aromatic nitrogens is 2. The van der Waals surface area contributed by atoms with Crippen molar-refractivity contribution in [1.82, 2.24) is 14.9 Å². The van der Waals surface area contributed by atoms with Crippen molar-refractivity contribution in [2.24, 2.45) is 0 Å². The quantitative estimate of drug-likeness (QED) is 0.816. The van der Waals surface area contributed by atoms with Crippen LogP contribution in [0.3, 0.4) is 0 Å². The molecule has 0 atom stereocenters. The SMILES string of the molecule is Cl.c1cn(CCNCc2ccsc2)cn1. The number of rotatable bonds is 5. The lowest BCUT2D eigenvalue weighted by atomic mass is 10.3. The van der Waals surface area contributed by atoms with Gasteiger partial charge in [-0.3, -0.25) is 0 Å². The molecule has 0 saturated carbocycles. The molecular weight excluding hydrogens is 230 g/mol. The number of thiophene rings is 1. The molecule has 15 heavy (non-hydrogen) atoms. The molecule has 0 fully saturated rings. The second-order valence-corrected chi connectivity index (χ2v) is 3.89. The van der Waals surface area contributed by atoms with Gasteiger partial charge < -0.3 is 9.88 Å². The molecule has 0 aromatic carbocycles. The van der Waals surface area contributed by atoms with Crippen LogP contribution >= 0.6 is 23.7 Å². The minimum atomic E-state index is 0. The Bertz CT molecular complexity index is 308. The van der Waals surface area contributed by atoms with Gasteiger partial charge in [0.05, 0.1) is 6.33 Å². The Kier molecular flexibility index (Phi) is 5.39. The van der Waals surface area contributed by atoms with Crippen molar-refractivity contribution in [1.29, 1.82) is 0 Å². The summed E-state index contributed by atoms with van der Waals surface area (Å²) in [7, 11) is 0. The summed E-state index contributed by atoms with van der Waals surface area (Å²) in [5, 5.41) is 7.66. The third-order valence-corrected chi connectivity index (χ3v) is 2.75. The molecule has 0 radical (unpaired) electrons. The molecule has 0 aliphatic carbocycles. The Labute approximate surface area is 99.6 Å². The van der Waals surface area contributed by atoms with E-state index < -0.39 is 0 Å². The van der Waals surface area contributed by atoms with Crippen molar-refractivity contribution in [3.8, 4) is 0 Å². The van der Waals surface area contributed by atoms with E-state index in [1.807, 2.05) is 12.5 Å². The van der Waals surface area contributed by atoms with Crippen LogP contribution in [0.1, 0.15) is 5.56 Å². The van der Waals surface area contributed by atoms with Gasteiger partial charge in [0.1, 0.15) is 0 Å². The molecule has 2 rings (SSSR count). The Morgan fingerprint density at radius 2 is 2.40 bits per heavy atom. The van der Waals surface area contributed by atoms with E-state index in [0.717, 1.165) is 19.6 Å². The highest BCUT2D eigenvalue weighted by Gasteiger charge is 1.92. The summed E-state index contributed by atoms with van der Waals surface area (Å²) in [5.41, 5.74) is 1.36. The summed E-state index contributed by atoms with van der Waals surface area (Å²) in [6.45, 7) is 2.91.